The summed E-state index contributed by atoms with van der Waals surface area (Å²) >= 11 is 2.02. The van der Waals surface area contributed by atoms with Crippen LogP contribution in [0.1, 0.15) is 31.7 Å². The maximum atomic E-state index is 12.2. The molecule has 2 unspecified atom stereocenters. The maximum absolute atomic E-state index is 12.2. The lowest BCUT2D eigenvalue weighted by molar-refractivity contribution is -0.126. The van der Waals surface area contributed by atoms with Crippen LogP contribution in [-0.4, -0.2) is 39.9 Å². The number of likely N-dealkylation sites (N-methyl/N-ethyl adjacent to an activating group) is 1. The molecule has 1 aromatic heterocycles. The minimum Gasteiger partial charge on any atom is -0.339 e. The van der Waals surface area contributed by atoms with E-state index in [0.29, 0.717) is 6.04 Å². The van der Waals surface area contributed by atoms with E-state index in [1.807, 2.05) is 41.9 Å². The standard InChI is InChI=1S/C16H22N2OS/c1-3-20-15-8-7-14(11-15)18(2)16(19)9-6-13-5-4-10-17-12-13/h4-6,9-10,12,14-15H,3,7-8,11H2,1-2H3. The van der Waals surface area contributed by atoms with Gasteiger partial charge in [-0.1, -0.05) is 13.0 Å². The van der Waals surface area contributed by atoms with E-state index < -0.39 is 0 Å². The molecule has 0 aromatic carbocycles. The molecule has 0 radical (unpaired) electrons. The Hall–Kier alpha value is -1.29. The van der Waals surface area contributed by atoms with Gasteiger partial charge in [0.2, 0.25) is 5.91 Å². The van der Waals surface area contributed by atoms with E-state index in [1.54, 1.807) is 18.5 Å². The number of carbonyl (C=O) groups is 1. The summed E-state index contributed by atoms with van der Waals surface area (Å²) in [5, 5.41) is 0.725. The number of pyridine rings is 1. The largest absolute Gasteiger partial charge is 0.339 e. The van der Waals surface area contributed by atoms with Crippen LogP contribution in [0.3, 0.4) is 0 Å². The van der Waals surface area contributed by atoms with Crippen molar-refractivity contribution in [3.63, 3.8) is 0 Å². The second-order valence-corrected chi connectivity index (χ2v) is 6.69. The van der Waals surface area contributed by atoms with Crippen LogP contribution in [0.2, 0.25) is 0 Å². The number of hydrogen-bond donors (Lipinski definition) is 0. The minimum absolute atomic E-state index is 0.0843. The van der Waals surface area contributed by atoms with Crippen LogP contribution in [-0.2, 0) is 4.79 Å². The molecular formula is C16H22N2OS. The Labute approximate surface area is 125 Å². The minimum atomic E-state index is 0.0843. The summed E-state index contributed by atoms with van der Waals surface area (Å²) in [7, 11) is 1.92. The van der Waals surface area contributed by atoms with Gasteiger partial charge in [-0.15, -0.1) is 0 Å². The number of thioether (sulfide) groups is 1. The molecule has 0 aliphatic heterocycles. The quantitative estimate of drug-likeness (QED) is 0.781. The molecule has 2 atom stereocenters. The fraction of sp³-hybridized carbons (Fsp3) is 0.500. The van der Waals surface area contributed by atoms with E-state index in [4.69, 9.17) is 0 Å². The number of amides is 1. The molecule has 2 rings (SSSR count). The average Bonchev–Trinajstić information content (AvgIpc) is 2.94. The van der Waals surface area contributed by atoms with Crippen molar-refractivity contribution in [2.75, 3.05) is 12.8 Å². The van der Waals surface area contributed by atoms with Crippen LogP contribution >= 0.6 is 11.8 Å². The lowest BCUT2D eigenvalue weighted by Crippen LogP contribution is -2.34. The molecule has 1 aliphatic rings. The SMILES string of the molecule is CCSC1CCC(N(C)C(=O)C=Cc2cccnc2)C1. The molecule has 1 fully saturated rings. The van der Waals surface area contributed by atoms with E-state index in [0.717, 1.165) is 29.4 Å². The van der Waals surface area contributed by atoms with E-state index in [9.17, 15) is 4.79 Å². The lowest BCUT2D eigenvalue weighted by atomic mass is 10.2. The molecule has 0 bridgehead atoms. The van der Waals surface area contributed by atoms with Crippen molar-refractivity contribution in [2.45, 2.75) is 37.5 Å². The number of rotatable bonds is 5. The van der Waals surface area contributed by atoms with Gasteiger partial charge in [0.1, 0.15) is 0 Å². The molecule has 4 heteroatoms. The smallest absolute Gasteiger partial charge is 0.246 e. The molecule has 108 valence electrons. The zero-order valence-electron chi connectivity index (χ0n) is 12.2. The van der Waals surface area contributed by atoms with Gasteiger partial charge in [-0.25, -0.2) is 0 Å². The third-order valence-corrected chi connectivity index (χ3v) is 4.99. The molecule has 1 aliphatic carbocycles. The van der Waals surface area contributed by atoms with E-state index in [1.165, 1.54) is 6.42 Å². The highest BCUT2D eigenvalue weighted by atomic mass is 32.2. The van der Waals surface area contributed by atoms with E-state index >= 15 is 0 Å². The average molecular weight is 290 g/mol. The summed E-state index contributed by atoms with van der Waals surface area (Å²) < 4.78 is 0. The zero-order chi connectivity index (χ0) is 14.4. The van der Waals surface area contributed by atoms with Crippen molar-refractivity contribution < 1.29 is 4.79 Å². The molecule has 0 spiro atoms. The molecular weight excluding hydrogens is 268 g/mol. The summed E-state index contributed by atoms with van der Waals surface area (Å²) in [6, 6.07) is 4.21. The summed E-state index contributed by atoms with van der Waals surface area (Å²) in [5.74, 6) is 1.25. The second-order valence-electron chi connectivity index (χ2n) is 5.11. The normalized spacial score (nSPS) is 22.3. The Morgan fingerprint density at radius 3 is 3.10 bits per heavy atom. The first-order valence-electron chi connectivity index (χ1n) is 7.17. The number of aromatic nitrogens is 1. The Morgan fingerprint density at radius 2 is 2.40 bits per heavy atom. The summed E-state index contributed by atoms with van der Waals surface area (Å²) in [6.07, 6.45) is 10.5. The first-order valence-corrected chi connectivity index (χ1v) is 8.22. The van der Waals surface area contributed by atoms with Gasteiger partial charge >= 0.3 is 0 Å². The van der Waals surface area contributed by atoms with Crippen LogP contribution in [0.4, 0.5) is 0 Å². The second kappa shape index (κ2) is 7.48. The Balaban J connectivity index is 1.88. The van der Waals surface area contributed by atoms with Gasteiger partial charge < -0.3 is 4.90 Å². The molecule has 0 saturated heterocycles. The van der Waals surface area contributed by atoms with Gasteiger partial charge in [0, 0.05) is 36.8 Å². The van der Waals surface area contributed by atoms with Gasteiger partial charge in [0.25, 0.3) is 0 Å². The van der Waals surface area contributed by atoms with Crippen molar-refractivity contribution in [1.29, 1.82) is 0 Å². The highest BCUT2D eigenvalue weighted by Crippen LogP contribution is 2.32. The number of carbonyl (C=O) groups excluding carboxylic acids is 1. The van der Waals surface area contributed by atoms with Crippen LogP contribution in [0.15, 0.2) is 30.6 Å². The van der Waals surface area contributed by atoms with Gasteiger partial charge in [0.15, 0.2) is 0 Å². The summed E-state index contributed by atoms with van der Waals surface area (Å²) in [4.78, 5) is 18.1. The summed E-state index contributed by atoms with van der Waals surface area (Å²) in [5.41, 5.74) is 0.958. The molecule has 0 N–H and O–H groups in total. The van der Waals surface area contributed by atoms with Gasteiger partial charge in [-0.2, -0.15) is 11.8 Å². The highest BCUT2D eigenvalue weighted by Gasteiger charge is 2.28. The zero-order valence-corrected chi connectivity index (χ0v) is 13.0. The third kappa shape index (κ3) is 4.10. The third-order valence-electron chi connectivity index (χ3n) is 3.76. The Morgan fingerprint density at radius 1 is 1.55 bits per heavy atom. The van der Waals surface area contributed by atoms with Crippen LogP contribution in [0, 0.1) is 0 Å². The fourth-order valence-electron chi connectivity index (χ4n) is 2.60. The van der Waals surface area contributed by atoms with E-state index in [-0.39, 0.29) is 5.91 Å². The fourth-order valence-corrected chi connectivity index (χ4v) is 3.73. The van der Waals surface area contributed by atoms with Crippen molar-refractivity contribution in [3.05, 3.63) is 36.2 Å². The van der Waals surface area contributed by atoms with Crippen molar-refractivity contribution in [3.8, 4) is 0 Å². The van der Waals surface area contributed by atoms with Gasteiger partial charge in [-0.05, 0) is 42.7 Å². The first-order chi connectivity index (χ1) is 9.70. The number of hydrogen-bond acceptors (Lipinski definition) is 3. The van der Waals surface area contributed by atoms with E-state index in [2.05, 4.69) is 11.9 Å². The monoisotopic (exact) mass is 290 g/mol. The molecule has 3 nitrogen and oxygen atoms in total. The van der Waals surface area contributed by atoms with Gasteiger partial charge in [-0.3, -0.25) is 9.78 Å². The molecule has 1 saturated carbocycles. The van der Waals surface area contributed by atoms with Crippen LogP contribution in [0.25, 0.3) is 6.08 Å². The molecule has 1 amide bonds. The van der Waals surface area contributed by atoms with Gasteiger partial charge in [0.05, 0.1) is 0 Å². The number of nitrogens with zero attached hydrogens (tertiary/aromatic N) is 2. The van der Waals surface area contributed by atoms with Crippen molar-refractivity contribution in [2.24, 2.45) is 0 Å². The van der Waals surface area contributed by atoms with Crippen LogP contribution < -0.4 is 0 Å². The predicted molar refractivity (Wildman–Crippen MR) is 85.6 cm³/mol. The highest BCUT2D eigenvalue weighted by molar-refractivity contribution is 7.99. The Kier molecular flexibility index (Phi) is 5.65. The van der Waals surface area contributed by atoms with Crippen LogP contribution in [0.5, 0.6) is 0 Å². The maximum Gasteiger partial charge on any atom is 0.246 e. The Bertz CT molecular complexity index is 461. The topological polar surface area (TPSA) is 33.2 Å². The lowest BCUT2D eigenvalue weighted by Gasteiger charge is -2.23. The summed E-state index contributed by atoms with van der Waals surface area (Å²) in [6.45, 7) is 2.20. The molecule has 1 aromatic rings. The van der Waals surface area contributed by atoms with Crippen molar-refractivity contribution >= 4 is 23.7 Å². The van der Waals surface area contributed by atoms with Crippen molar-refractivity contribution in [1.82, 2.24) is 9.88 Å². The molecule has 20 heavy (non-hydrogen) atoms. The molecule has 1 heterocycles. The predicted octanol–water partition coefficient (Wildman–Crippen LogP) is 3.23. The first kappa shape index (κ1) is 15.1.